The third-order valence-corrected chi connectivity index (χ3v) is 3.47. The van der Waals surface area contributed by atoms with Crippen LogP contribution in [0.25, 0.3) is 0 Å². The number of piperidine rings is 1. The topological polar surface area (TPSA) is 62.4 Å². The van der Waals surface area contributed by atoms with Gasteiger partial charge in [-0.15, -0.1) is 0 Å². The van der Waals surface area contributed by atoms with Crippen LogP contribution >= 0.6 is 12.2 Å². The van der Waals surface area contributed by atoms with E-state index >= 15 is 0 Å². The van der Waals surface area contributed by atoms with Gasteiger partial charge in [-0.2, -0.15) is 0 Å². The lowest BCUT2D eigenvalue weighted by Gasteiger charge is -2.36. The fourth-order valence-electron chi connectivity index (χ4n) is 2.11. The van der Waals surface area contributed by atoms with Crippen LogP contribution in [0.2, 0.25) is 0 Å². The molecular formula is C12H17N3OS. The Hall–Kier alpha value is -1.20. The molecule has 1 saturated heterocycles. The van der Waals surface area contributed by atoms with Crippen LogP contribution in [0, 0.1) is 5.92 Å². The lowest BCUT2D eigenvalue weighted by molar-refractivity contribution is 0.103. The minimum absolute atomic E-state index is 0.300. The highest BCUT2D eigenvalue weighted by Gasteiger charge is 2.26. The minimum atomic E-state index is -0.303. The molecule has 0 radical (unpaired) electrons. The number of hydrogen-bond acceptors (Lipinski definition) is 4. The summed E-state index contributed by atoms with van der Waals surface area (Å²) in [6, 6.07) is 3.81. The van der Waals surface area contributed by atoms with E-state index in [0.717, 1.165) is 18.7 Å². The van der Waals surface area contributed by atoms with Gasteiger partial charge in [0.25, 0.3) is 0 Å². The molecule has 1 fully saturated rings. The molecule has 0 spiro atoms. The Kier molecular flexibility index (Phi) is 3.59. The van der Waals surface area contributed by atoms with Crippen molar-refractivity contribution >= 4 is 22.9 Å². The molecule has 0 saturated carbocycles. The van der Waals surface area contributed by atoms with Crippen LogP contribution in [0.5, 0.6) is 0 Å². The first-order chi connectivity index (χ1) is 8.09. The third kappa shape index (κ3) is 2.56. The Morgan fingerprint density at radius 3 is 3.06 bits per heavy atom. The van der Waals surface area contributed by atoms with Crippen LogP contribution in [0.15, 0.2) is 18.3 Å². The average Bonchev–Trinajstić information content (AvgIpc) is 2.32. The van der Waals surface area contributed by atoms with Crippen LogP contribution < -0.4 is 10.6 Å². The summed E-state index contributed by atoms with van der Waals surface area (Å²) in [5.41, 5.74) is 7.23. The molecule has 92 valence electrons. The van der Waals surface area contributed by atoms with Crippen molar-refractivity contribution in [2.24, 2.45) is 11.7 Å². The minimum Gasteiger partial charge on any atom is -0.391 e. The maximum Gasteiger partial charge on any atom is 0.124 e. The van der Waals surface area contributed by atoms with E-state index < -0.39 is 0 Å². The molecule has 2 rings (SSSR count). The molecule has 0 amide bonds. The number of β-amino-alcohol motifs (C(OH)–C–C–N with tert-alkyl or cyclic N) is 1. The maximum atomic E-state index is 9.91. The number of hydrogen-bond donors (Lipinski definition) is 2. The molecule has 17 heavy (non-hydrogen) atoms. The zero-order valence-electron chi connectivity index (χ0n) is 9.84. The summed E-state index contributed by atoms with van der Waals surface area (Å²) in [7, 11) is 0. The predicted octanol–water partition coefficient (Wildman–Crippen LogP) is 0.923. The molecule has 2 unspecified atom stereocenters. The lowest BCUT2D eigenvalue weighted by Crippen LogP contribution is -2.43. The van der Waals surface area contributed by atoms with Crippen LogP contribution in [0.4, 0.5) is 5.69 Å². The van der Waals surface area contributed by atoms with E-state index in [1.54, 1.807) is 6.20 Å². The number of rotatable bonds is 2. The van der Waals surface area contributed by atoms with Crippen molar-refractivity contribution < 1.29 is 5.11 Å². The molecule has 0 aromatic carbocycles. The number of pyridine rings is 1. The second-order valence-electron chi connectivity index (χ2n) is 4.51. The molecule has 4 nitrogen and oxygen atoms in total. The van der Waals surface area contributed by atoms with Crippen LogP contribution in [0.1, 0.15) is 19.0 Å². The molecule has 1 aliphatic heterocycles. The zero-order chi connectivity index (χ0) is 12.4. The molecule has 5 heteroatoms. The monoisotopic (exact) mass is 251 g/mol. The van der Waals surface area contributed by atoms with E-state index in [9.17, 15) is 5.11 Å². The molecule has 0 aliphatic carbocycles. The van der Waals surface area contributed by atoms with Crippen molar-refractivity contribution in [3.63, 3.8) is 0 Å². The number of nitrogens with two attached hydrogens (primary N) is 1. The van der Waals surface area contributed by atoms with Gasteiger partial charge in [-0.25, -0.2) is 0 Å². The van der Waals surface area contributed by atoms with E-state index in [4.69, 9.17) is 18.0 Å². The van der Waals surface area contributed by atoms with Gasteiger partial charge in [-0.3, -0.25) is 4.98 Å². The molecular weight excluding hydrogens is 234 g/mol. The Bertz CT molecular complexity index is 424. The first-order valence-corrected chi connectivity index (χ1v) is 6.18. The summed E-state index contributed by atoms with van der Waals surface area (Å²) in [5, 5.41) is 9.91. The fourth-order valence-corrected chi connectivity index (χ4v) is 2.27. The van der Waals surface area contributed by atoms with Gasteiger partial charge in [0, 0.05) is 19.3 Å². The Balaban J connectivity index is 2.25. The maximum absolute atomic E-state index is 9.91. The van der Waals surface area contributed by atoms with Crippen molar-refractivity contribution in [3.05, 3.63) is 24.0 Å². The van der Waals surface area contributed by atoms with Gasteiger partial charge >= 0.3 is 0 Å². The first-order valence-electron chi connectivity index (χ1n) is 5.77. The van der Waals surface area contributed by atoms with Crippen molar-refractivity contribution in [1.82, 2.24) is 4.98 Å². The van der Waals surface area contributed by atoms with Crippen molar-refractivity contribution in [3.8, 4) is 0 Å². The SMILES string of the molecule is CC1CCN(c2cccnc2C(N)=S)CC1O. The molecule has 2 atom stereocenters. The van der Waals surface area contributed by atoms with Gasteiger partial charge in [-0.05, 0) is 24.5 Å². The van der Waals surface area contributed by atoms with E-state index in [-0.39, 0.29) is 6.10 Å². The molecule has 3 N–H and O–H groups in total. The number of aliphatic hydroxyl groups excluding tert-OH is 1. The molecule has 2 heterocycles. The summed E-state index contributed by atoms with van der Waals surface area (Å²) in [6.07, 6.45) is 2.34. The van der Waals surface area contributed by atoms with Crippen LogP contribution in [-0.2, 0) is 0 Å². The number of thiocarbonyl (C=S) groups is 1. The largest absolute Gasteiger partial charge is 0.391 e. The molecule has 1 aromatic heterocycles. The molecule has 0 bridgehead atoms. The highest BCUT2D eigenvalue weighted by Crippen LogP contribution is 2.25. The predicted molar refractivity (Wildman–Crippen MR) is 72.1 cm³/mol. The smallest absolute Gasteiger partial charge is 0.124 e. The third-order valence-electron chi connectivity index (χ3n) is 3.28. The van der Waals surface area contributed by atoms with E-state index in [1.165, 1.54) is 0 Å². The van der Waals surface area contributed by atoms with Gasteiger partial charge < -0.3 is 15.7 Å². The number of aromatic nitrogens is 1. The van der Waals surface area contributed by atoms with E-state index in [2.05, 4.69) is 16.8 Å². The van der Waals surface area contributed by atoms with Crippen LogP contribution in [0.3, 0.4) is 0 Å². The number of anilines is 1. The van der Waals surface area contributed by atoms with E-state index in [1.807, 2.05) is 12.1 Å². The molecule has 1 aromatic rings. The zero-order valence-corrected chi connectivity index (χ0v) is 10.7. The number of aliphatic hydroxyl groups is 1. The summed E-state index contributed by atoms with van der Waals surface area (Å²) >= 11 is 5.00. The van der Waals surface area contributed by atoms with Crippen LogP contribution in [-0.4, -0.2) is 34.3 Å². The summed E-state index contributed by atoms with van der Waals surface area (Å²) in [5.74, 6) is 0.344. The molecule has 1 aliphatic rings. The van der Waals surface area contributed by atoms with Gasteiger partial charge in [0.2, 0.25) is 0 Å². The summed E-state index contributed by atoms with van der Waals surface area (Å²) < 4.78 is 0. The van der Waals surface area contributed by atoms with E-state index in [0.29, 0.717) is 23.1 Å². The van der Waals surface area contributed by atoms with Crippen molar-refractivity contribution in [1.29, 1.82) is 0 Å². The summed E-state index contributed by atoms with van der Waals surface area (Å²) in [4.78, 5) is 6.61. The Morgan fingerprint density at radius 2 is 2.41 bits per heavy atom. The Labute approximate surface area is 106 Å². The van der Waals surface area contributed by atoms with Gasteiger partial charge in [0.1, 0.15) is 10.7 Å². The first kappa shape index (κ1) is 12.3. The van der Waals surface area contributed by atoms with Crippen molar-refractivity contribution in [2.45, 2.75) is 19.4 Å². The standard InChI is InChI=1S/C12H17N3OS/c1-8-4-6-15(7-10(8)16)9-3-2-5-14-11(9)12(13)17/h2-3,5,8,10,16H,4,6-7H2,1H3,(H2,13,17). The van der Waals surface area contributed by atoms with Gasteiger partial charge in [0.15, 0.2) is 0 Å². The summed E-state index contributed by atoms with van der Waals surface area (Å²) in [6.45, 7) is 3.59. The number of nitrogens with zero attached hydrogens (tertiary/aromatic N) is 2. The highest BCUT2D eigenvalue weighted by atomic mass is 32.1. The lowest BCUT2D eigenvalue weighted by atomic mass is 9.95. The highest BCUT2D eigenvalue weighted by molar-refractivity contribution is 7.80. The Morgan fingerprint density at radius 1 is 1.65 bits per heavy atom. The average molecular weight is 251 g/mol. The second kappa shape index (κ2) is 4.98. The fraction of sp³-hybridized carbons (Fsp3) is 0.500. The quantitative estimate of drug-likeness (QED) is 0.765. The normalized spacial score (nSPS) is 24.7. The van der Waals surface area contributed by atoms with Gasteiger partial charge in [0.05, 0.1) is 11.8 Å². The van der Waals surface area contributed by atoms with Gasteiger partial charge in [-0.1, -0.05) is 19.1 Å². The van der Waals surface area contributed by atoms with Crippen molar-refractivity contribution in [2.75, 3.05) is 18.0 Å². The second-order valence-corrected chi connectivity index (χ2v) is 4.95.